The van der Waals surface area contributed by atoms with Gasteiger partial charge in [0.25, 0.3) is 11.8 Å². The Hall–Kier alpha value is -3.01. The number of rotatable bonds is 7. The summed E-state index contributed by atoms with van der Waals surface area (Å²) >= 11 is 0.986. The number of aromatic nitrogens is 2. The molecule has 2 heterocycles. The van der Waals surface area contributed by atoms with Crippen molar-refractivity contribution >= 4 is 34.7 Å². The Morgan fingerprint density at radius 1 is 1.00 bits per heavy atom. The number of methoxy groups -OCH3 is 1. The van der Waals surface area contributed by atoms with Crippen LogP contribution in [0.4, 0.5) is 5.69 Å². The summed E-state index contributed by atoms with van der Waals surface area (Å²) in [5.74, 6) is 0.479. The molecule has 9 nitrogen and oxygen atoms in total. The molecule has 1 aliphatic carbocycles. The van der Waals surface area contributed by atoms with E-state index in [0.29, 0.717) is 37.0 Å². The summed E-state index contributed by atoms with van der Waals surface area (Å²) in [6.07, 6.45) is 7.92. The van der Waals surface area contributed by atoms with Gasteiger partial charge in [-0.3, -0.25) is 14.4 Å². The van der Waals surface area contributed by atoms with Gasteiger partial charge < -0.3 is 20.3 Å². The average Bonchev–Trinajstić information content (AvgIpc) is 3.36. The Labute approximate surface area is 203 Å². The summed E-state index contributed by atoms with van der Waals surface area (Å²) in [7, 11) is 1.57. The minimum absolute atomic E-state index is 0.133. The van der Waals surface area contributed by atoms with Crippen LogP contribution in [0.15, 0.2) is 24.3 Å². The zero-order chi connectivity index (χ0) is 23.9. The Balaban J connectivity index is 1.24. The van der Waals surface area contributed by atoms with Gasteiger partial charge in [-0.15, -0.1) is 10.2 Å². The Morgan fingerprint density at radius 3 is 2.35 bits per heavy atom. The molecule has 1 saturated heterocycles. The van der Waals surface area contributed by atoms with Gasteiger partial charge in [-0.25, -0.2) is 0 Å². The summed E-state index contributed by atoms with van der Waals surface area (Å²) in [4.78, 5) is 39.5. The maximum absolute atomic E-state index is 12.9. The molecule has 1 aromatic heterocycles. The number of benzene rings is 1. The molecule has 4 rings (SSSR count). The van der Waals surface area contributed by atoms with E-state index in [0.717, 1.165) is 37.0 Å². The lowest BCUT2D eigenvalue weighted by Gasteiger charge is -2.31. The molecule has 10 heteroatoms. The zero-order valence-corrected chi connectivity index (χ0v) is 20.2. The molecule has 2 N–H and O–H groups in total. The summed E-state index contributed by atoms with van der Waals surface area (Å²) in [6, 6.07) is 7.27. The Kier molecular flexibility index (Phi) is 8.10. The van der Waals surface area contributed by atoms with Crippen LogP contribution in [0.2, 0.25) is 0 Å². The minimum Gasteiger partial charge on any atom is -0.497 e. The van der Waals surface area contributed by atoms with E-state index < -0.39 is 5.91 Å². The summed E-state index contributed by atoms with van der Waals surface area (Å²) in [5.41, 5.74) is 0.600. The highest BCUT2D eigenvalue weighted by Gasteiger charge is 2.28. The molecule has 1 saturated carbocycles. The highest BCUT2D eigenvalue weighted by molar-refractivity contribution is 7.15. The second-order valence-corrected chi connectivity index (χ2v) is 9.91. The standard InChI is InChI=1S/C24H31N5O4S/c1-33-19-9-7-18(8-10-19)26-21(31)22-27-28-23(34-22)24(32)29-13-11-16(12-14-29)15-20(30)25-17-5-3-2-4-6-17/h7-10,16-17H,2-6,11-15H2,1H3,(H,25,30)(H,26,31). The van der Waals surface area contributed by atoms with Gasteiger partial charge in [0, 0.05) is 31.2 Å². The summed E-state index contributed by atoms with van der Waals surface area (Å²) in [6.45, 7) is 1.15. The fourth-order valence-corrected chi connectivity index (χ4v) is 5.24. The highest BCUT2D eigenvalue weighted by Crippen LogP contribution is 2.24. The van der Waals surface area contributed by atoms with Crippen LogP contribution in [0.3, 0.4) is 0 Å². The fraction of sp³-hybridized carbons (Fsp3) is 0.542. The van der Waals surface area contributed by atoms with Crippen molar-refractivity contribution in [3.8, 4) is 5.75 Å². The predicted octanol–water partition coefficient (Wildman–Crippen LogP) is 3.49. The second-order valence-electron chi connectivity index (χ2n) is 8.94. The molecule has 2 aliphatic rings. The van der Waals surface area contributed by atoms with Crippen LogP contribution in [0, 0.1) is 5.92 Å². The zero-order valence-electron chi connectivity index (χ0n) is 19.4. The van der Waals surface area contributed by atoms with Gasteiger partial charge >= 0.3 is 0 Å². The van der Waals surface area contributed by atoms with E-state index in [-0.39, 0.29) is 27.7 Å². The van der Waals surface area contributed by atoms with Crippen LogP contribution in [-0.2, 0) is 4.79 Å². The predicted molar refractivity (Wildman–Crippen MR) is 129 cm³/mol. The van der Waals surface area contributed by atoms with Crippen LogP contribution in [-0.4, -0.2) is 59.1 Å². The third kappa shape index (κ3) is 6.31. The molecular weight excluding hydrogens is 454 g/mol. The topological polar surface area (TPSA) is 114 Å². The van der Waals surface area contributed by atoms with Crippen molar-refractivity contribution in [3.63, 3.8) is 0 Å². The number of piperidine rings is 1. The number of anilines is 1. The molecule has 2 aromatic rings. The summed E-state index contributed by atoms with van der Waals surface area (Å²) in [5, 5.41) is 14.1. The van der Waals surface area contributed by atoms with E-state index in [9.17, 15) is 14.4 Å². The quantitative estimate of drug-likeness (QED) is 0.621. The van der Waals surface area contributed by atoms with Crippen molar-refractivity contribution in [3.05, 3.63) is 34.3 Å². The van der Waals surface area contributed by atoms with Gasteiger partial charge in [0.15, 0.2) is 0 Å². The number of carbonyl (C=O) groups excluding carboxylic acids is 3. The molecular formula is C24H31N5O4S. The van der Waals surface area contributed by atoms with Gasteiger partial charge in [0.05, 0.1) is 7.11 Å². The van der Waals surface area contributed by atoms with Gasteiger partial charge in [-0.2, -0.15) is 0 Å². The molecule has 1 aromatic carbocycles. The van der Waals surface area contributed by atoms with Crippen LogP contribution in [0.1, 0.15) is 71.0 Å². The Bertz CT molecular complexity index is 995. The van der Waals surface area contributed by atoms with E-state index in [2.05, 4.69) is 20.8 Å². The molecule has 0 atom stereocenters. The molecule has 2 fully saturated rings. The van der Waals surface area contributed by atoms with E-state index >= 15 is 0 Å². The SMILES string of the molecule is COc1ccc(NC(=O)c2nnc(C(=O)N3CCC(CC(=O)NC4CCCCC4)CC3)s2)cc1. The van der Waals surface area contributed by atoms with Gasteiger partial charge in [0.2, 0.25) is 15.9 Å². The Morgan fingerprint density at radius 2 is 1.68 bits per heavy atom. The number of hydrogen-bond donors (Lipinski definition) is 2. The smallest absolute Gasteiger partial charge is 0.286 e. The van der Waals surface area contributed by atoms with Crippen LogP contribution in [0.5, 0.6) is 5.75 Å². The number of nitrogens with zero attached hydrogens (tertiary/aromatic N) is 3. The number of amides is 3. The van der Waals surface area contributed by atoms with Gasteiger partial charge in [0.1, 0.15) is 5.75 Å². The first-order valence-electron chi connectivity index (χ1n) is 11.9. The van der Waals surface area contributed by atoms with Gasteiger partial charge in [-0.1, -0.05) is 30.6 Å². The molecule has 34 heavy (non-hydrogen) atoms. The van der Waals surface area contributed by atoms with E-state index in [1.165, 1.54) is 19.3 Å². The maximum Gasteiger partial charge on any atom is 0.286 e. The molecule has 0 unspecified atom stereocenters. The number of nitrogens with one attached hydrogen (secondary N) is 2. The molecule has 0 spiro atoms. The summed E-state index contributed by atoms with van der Waals surface area (Å²) < 4.78 is 5.11. The molecule has 0 bridgehead atoms. The van der Waals surface area contributed by atoms with Crippen LogP contribution in [0.25, 0.3) is 0 Å². The molecule has 1 aliphatic heterocycles. The highest BCUT2D eigenvalue weighted by atomic mass is 32.1. The minimum atomic E-state index is -0.413. The first kappa shape index (κ1) is 24.1. The number of ether oxygens (including phenoxy) is 1. The fourth-order valence-electron chi connectivity index (χ4n) is 4.53. The number of likely N-dealkylation sites (tertiary alicyclic amines) is 1. The molecule has 0 radical (unpaired) electrons. The first-order chi connectivity index (χ1) is 16.5. The normalized spacial score (nSPS) is 17.3. The first-order valence-corrected chi connectivity index (χ1v) is 12.7. The van der Waals surface area contributed by atoms with Crippen molar-refractivity contribution in [1.29, 1.82) is 0 Å². The molecule has 182 valence electrons. The van der Waals surface area contributed by atoms with Crippen molar-refractivity contribution in [1.82, 2.24) is 20.4 Å². The third-order valence-corrected chi connectivity index (χ3v) is 7.41. The van der Waals surface area contributed by atoms with E-state index in [4.69, 9.17) is 4.74 Å². The average molecular weight is 486 g/mol. The van der Waals surface area contributed by atoms with Crippen molar-refractivity contribution in [2.24, 2.45) is 5.92 Å². The van der Waals surface area contributed by atoms with Crippen molar-refractivity contribution < 1.29 is 19.1 Å². The van der Waals surface area contributed by atoms with Crippen LogP contribution < -0.4 is 15.4 Å². The lowest BCUT2D eigenvalue weighted by molar-refractivity contribution is -0.123. The van der Waals surface area contributed by atoms with Gasteiger partial charge in [-0.05, 0) is 55.9 Å². The number of carbonyl (C=O) groups is 3. The largest absolute Gasteiger partial charge is 0.497 e. The lowest BCUT2D eigenvalue weighted by atomic mass is 9.92. The van der Waals surface area contributed by atoms with E-state index in [1.54, 1.807) is 36.3 Å². The van der Waals surface area contributed by atoms with Crippen LogP contribution >= 0.6 is 11.3 Å². The maximum atomic E-state index is 12.9. The molecule has 3 amide bonds. The monoisotopic (exact) mass is 485 g/mol. The lowest BCUT2D eigenvalue weighted by Crippen LogP contribution is -2.41. The van der Waals surface area contributed by atoms with E-state index in [1.807, 2.05) is 0 Å². The van der Waals surface area contributed by atoms with Crippen molar-refractivity contribution in [2.75, 3.05) is 25.5 Å². The second kappa shape index (κ2) is 11.4. The van der Waals surface area contributed by atoms with Crippen molar-refractivity contribution in [2.45, 2.75) is 57.4 Å². The number of hydrogen-bond acceptors (Lipinski definition) is 7. The third-order valence-electron chi connectivity index (χ3n) is 6.50.